The number of nitrogens with zero attached hydrogens (tertiary/aromatic N) is 1. The van der Waals surface area contributed by atoms with Gasteiger partial charge in [0.1, 0.15) is 6.67 Å². The van der Waals surface area contributed by atoms with Crippen molar-refractivity contribution in [2.45, 2.75) is 6.54 Å². The van der Waals surface area contributed by atoms with Gasteiger partial charge >= 0.3 is 5.97 Å². The van der Waals surface area contributed by atoms with Crippen LogP contribution in [0.4, 0.5) is 4.39 Å². The number of carboxylic acid groups (broad SMARTS) is 1. The van der Waals surface area contributed by atoms with Gasteiger partial charge in [-0.25, -0.2) is 9.18 Å². The fourth-order valence-electron chi connectivity index (χ4n) is 1.60. The summed E-state index contributed by atoms with van der Waals surface area (Å²) in [4.78, 5) is 10.8. The molecule has 0 saturated heterocycles. The summed E-state index contributed by atoms with van der Waals surface area (Å²) in [5, 5.41) is 9.74. The number of hydrogen-bond acceptors (Lipinski definition) is 1. The third-order valence-corrected chi connectivity index (χ3v) is 2.35. The molecule has 0 fully saturated rings. The van der Waals surface area contributed by atoms with Crippen molar-refractivity contribution in [2.24, 2.45) is 0 Å². The summed E-state index contributed by atoms with van der Waals surface area (Å²) in [6.45, 7) is -0.201. The highest BCUT2D eigenvalue weighted by molar-refractivity contribution is 5.93. The van der Waals surface area contributed by atoms with Crippen molar-refractivity contribution >= 4 is 16.9 Å². The fourth-order valence-corrected chi connectivity index (χ4v) is 1.60. The van der Waals surface area contributed by atoms with E-state index in [0.717, 1.165) is 10.9 Å². The average Bonchev–Trinajstić information content (AvgIpc) is 2.61. The summed E-state index contributed by atoms with van der Waals surface area (Å²) in [5.41, 5.74) is 0.980. The molecular weight excluding hydrogens is 197 g/mol. The van der Waals surface area contributed by atoms with Crippen molar-refractivity contribution in [3.05, 3.63) is 36.0 Å². The Morgan fingerprint density at radius 2 is 2.20 bits per heavy atom. The van der Waals surface area contributed by atoms with Crippen molar-refractivity contribution in [3.63, 3.8) is 0 Å². The molecule has 0 saturated carbocycles. The van der Waals surface area contributed by atoms with E-state index in [1.54, 1.807) is 29.0 Å². The molecule has 0 unspecified atom stereocenters. The molecule has 0 aliphatic rings. The maximum Gasteiger partial charge on any atom is 0.335 e. The van der Waals surface area contributed by atoms with Gasteiger partial charge in [0.2, 0.25) is 0 Å². The molecule has 0 aliphatic carbocycles. The van der Waals surface area contributed by atoms with Gasteiger partial charge in [-0.2, -0.15) is 0 Å². The molecule has 3 nitrogen and oxygen atoms in total. The molecule has 0 amide bonds. The van der Waals surface area contributed by atoms with Gasteiger partial charge in [-0.05, 0) is 23.6 Å². The minimum atomic E-state index is -0.968. The topological polar surface area (TPSA) is 42.2 Å². The maximum absolute atomic E-state index is 12.2. The van der Waals surface area contributed by atoms with Crippen LogP contribution in [0.15, 0.2) is 30.5 Å². The van der Waals surface area contributed by atoms with E-state index in [2.05, 4.69) is 0 Å². The third-order valence-electron chi connectivity index (χ3n) is 2.35. The monoisotopic (exact) mass is 207 g/mol. The smallest absolute Gasteiger partial charge is 0.335 e. The van der Waals surface area contributed by atoms with E-state index < -0.39 is 12.6 Å². The lowest BCUT2D eigenvalue weighted by atomic mass is 10.2. The molecule has 0 bridgehead atoms. The summed E-state index contributed by atoms with van der Waals surface area (Å²) in [6, 6.07) is 6.68. The van der Waals surface area contributed by atoms with E-state index in [4.69, 9.17) is 5.11 Å². The van der Waals surface area contributed by atoms with Gasteiger partial charge in [0.25, 0.3) is 0 Å². The maximum atomic E-state index is 12.2. The summed E-state index contributed by atoms with van der Waals surface area (Å²) in [5.74, 6) is -0.968. The first-order chi connectivity index (χ1) is 7.22. The largest absolute Gasteiger partial charge is 0.478 e. The Kier molecular flexibility index (Phi) is 2.41. The molecule has 1 aromatic heterocycles. The van der Waals surface area contributed by atoms with Crippen LogP contribution in [0.2, 0.25) is 0 Å². The van der Waals surface area contributed by atoms with Crippen molar-refractivity contribution in [1.29, 1.82) is 0 Å². The second kappa shape index (κ2) is 3.73. The number of halogens is 1. The standard InChI is InChI=1S/C11H10FNO2/c12-4-6-13-5-3-8-1-2-9(11(14)15)7-10(8)13/h1-3,5,7H,4,6H2,(H,14,15). The van der Waals surface area contributed by atoms with E-state index >= 15 is 0 Å². The van der Waals surface area contributed by atoms with Crippen LogP contribution in [0, 0.1) is 0 Å². The second-order valence-electron chi connectivity index (χ2n) is 3.28. The first kappa shape index (κ1) is 9.71. The zero-order chi connectivity index (χ0) is 10.8. The zero-order valence-corrected chi connectivity index (χ0v) is 7.98. The van der Waals surface area contributed by atoms with Crippen molar-refractivity contribution in [2.75, 3.05) is 6.67 Å². The summed E-state index contributed by atoms with van der Waals surface area (Å²) < 4.78 is 13.9. The highest BCUT2D eigenvalue weighted by Crippen LogP contribution is 2.17. The van der Waals surface area contributed by atoms with E-state index in [9.17, 15) is 9.18 Å². The SMILES string of the molecule is O=C(O)c1ccc2ccn(CCF)c2c1. The Labute approximate surface area is 85.7 Å². The van der Waals surface area contributed by atoms with Gasteiger partial charge in [0.05, 0.1) is 12.1 Å². The predicted molar refractivity (Wildman–Crippen MR) is 54.9 cm³/mol. The lowest BCUT2D eigenvalue weighted by Crippen LogP contribution is -1.99. The van der Waals surface area contributed by atoms with Crippen LogP contribution in [0.5, 0.6) is 0 Å². The Hall–Kier alpha value is -1.84. The Bertz CT molecular complexity index is 504. The molecule has 2 aromatic rings. The minimum absolute atomic E-state index is 0.223. The predicted octanol–water partition coefficient (Wildman–Crippen LogP) is 2.31. The summed E-state index contributed by atoms with van der Waals surface area (Å²) in [7, 11) is 0. The van der Waals surface area contributed by atoms with Crippen LogP contribution < -0.4 is 0 Å². The van der Waals surface area contributed by atoms with Crippen LogP contribution in [0.1, 0.15) is 10.4 Å². The van der Waals surface area contributed by atoms with E-state index in [1.165, 1.54) is 0 Å². The molecular formula is C11H10FNO2. The first-order valence-electron chi connectivity index (χ1n) is 4.60. The number of benzene rings is 1. The molecule has 0 aliphatic heterocycles. The van der Waals surface area contributed by atoms with Gasteiger partial charge < -0.3 is 9.67 Å². The summed E-state index contributed by atoms with van der Waals surface area (Å²) >= 11 is 0. The number of carbonyl (C=O) groups is 1. The molecule has 15 heavy (non-hydrogen) atoms. The molecule has 1 aromatic carbocycles. The highest BCUT2D eigenvalue weighted by atomic mass is 19.1. The molecule has 1 N–H and O–H groups in total. The second-order valence-corrected chi connectivity index (χ2v) is 3.28. The number of hydrogen-bond donors (Lipinski definition) is 1. The normalized spacial score (nSPS) is 10.7. The number of aryl methyl sites for hydroxylation is 1. The molecule has 0 spiro atoms. The summed E-state index contributed by atoms with van der Waals surface area (Å²) in [6.07, 6.45) is 1.76. The van der Waals surface area contributed by atoms with Crippen LogP contribution in [0.3, 0.4) is 0 Å². The number of aromatic nitrogens is 1. The first-order valence-corrected chi connectivity index (χ1v) is 4.60. The minimum Gasteiger partial charge on any atom is -0.478 e. The van der Waals surface area contributed by atoms with Gasteiger partial charge in [0.15, 0.2) is 0 Å². The Morgan fingerprint density at radius 3 is 2.87 bits per heavy atom. The molecule has 0 radical (unpaired) electrons. The number of rotatable bonds is 3. The number of aromatic carboxylic acids is 1. The van der Waals surface area contributed by atoms with Gasteiger partial charge in [-0.1, -0.05) is 6.07 Å². The van der Waals surface area contributed by atoms with Gasteiger partial charge in [-0.3, -0.25) is 0 Å². The van der Waals surface area contributed by atoms with E-state index in [-0.39, 0.29) is 12.1 Å². The fraction of sp³-hybridized carbons (Fsp3) is 0.182. The molecule has 2 rings (SSSR count). The number of carboxylic acids is 1. The molecule has 78 valence electrons. The van der Waals surface area contributed by atoms with Crippen molar-refractivity contribution in [3.8, 4) is 0 Å². The Balaban J connectivity index is 2.56. The van der Waals surface area contributed by atoms with Gasteiger partial charge in [-0.15, -0.1) is 0 Å². The van der Waals surface area contributed by atoms with Crippen molar-refractivity contribution < 1.29 is 14.3 Å². The van der Waals surface area contributed by atoms with E-state index in [0.29, 0.717) is 0 Å². The number of fused-ring (bicyclic) bond motifs is 1. The lowest BCUT2D eigenvalue weighted by Gasteiger charge is -2.02. The number of alkyl halides is 1. The quantitative estimate of drug-likeness (QED) is 0.839. The third kappa shape index (κ3) is 1.70. The van der Waals surface area contributed by atoms with Crippen molar-refractivity contribution in [1.82, 2.24) is 4.57 Å². The lowest BCUT2D eigenvalue weighted by molar-refractivity contribution is 0.0697. The van der Waals surface area contributed by atoms with Crippen LogP contribution in [-0.2, 0) is 6.54 Å². The molecule has 4 heteroatoms. The zero-order valence-electron chi connectivity index (χ0n) is 7.98. The Morgan fingerprint density at radius 1 is 1.40 bits per heavy atom. The van der Waals surface area contributed by atoms with Crippen LogP contribution in [0.25, 0.3) is 10.9 Å². The van der Waals surface area contributed by atoms with E-state index in [1.807, 2.05) is 6.07 Å². The average molecular weight is 207 g/mol. The molecule has 0 atom stereocenters. The highest BCUT2D eigenvalue weighted by Gasteiger charge is 2.06. The van der Waals surface area contributed by atoms with Crippen LogP contribution >= 0.6 is 0 Å². The molecule has 1 heterocycles. The van der Waals surface area contributed by atoms with Crippen LogP contribution in [-0.4, -0.2) is 22.3 Å². The van der Waals surface area contributed by atoms with Gasteiger partial charge in [0, 0.05) is 11.7 Å².